The number of allylic oxidation sites excluding steroid dienone is 3. The summed E-state index contributed by atoms with van der Waals surface area (Å²) in [6, 6.07) is 0. The first-order valence-electron chi connectivity index (χ1n) is 3.38. The molecule has 0 spiro atoms. The van der Waals surface area contributed by atoms with E-state index in [1.54, 1.807) is 0 Å². The number of nitrogens with zero attached hydrogens (tertiary/aromatic N) is 1. The summed E-state index contributed by atoms with van der Waals surface area (Å²) >= 11 is 0. The van der Waals surface area contributed by atoms with Crippen molar-refractivity contribution in [2.75, 3.05) is 0 Å². The van der Waals surface area contributed by atoms with Crippen LogP contribution in [-0.4, -0.2) is 5.71 Å². The lowest BCUT2D eigenvalue weighted by molar-refractivity contribution is 1.27. The van der Waals surface area contributed by atoms with Gasteiger partial charge in [-0.3, -0.25) is 4.99 Å². The van der Waals surface area contributed by atoms with Crippen LogP contribution in [0.4, 0.5) is 0 Å². The van der Waals surface area contributed by atoms with E-state index in [1.807, 2.05) is 33.8 Å². The second-order valence-electron chi connectivity index (χ2n) is 2.69. The molecular formula is C9H15N. The van der Waals surface area contributed by atoms with Gasteiger partial charge in [-0.05, 0) is 33.8 Å². The number of hydrogen-bond acceptors (Lipinski definition) is 1. The first-order chi connectivity index (χ1) is 4.52. The molecule has 0 saturated carbocycles. The number of rotatable bonds is 2. The maximum Gasteiger partial charge on any atom is 0.0374 e. The molecule has 1 heteroatoms. The Labute approximate surface area is 63.2 Å². The van der Waals surface area contributed by atoms with Crippen molar-refractivity contribution in [1.29, 1.82) is 0 Å². The summed E-state index contributed by atoms with van der Waals surface area (Å²) < 4.78 is 0. The third-order valence-electron chi connectivity index (χ3n) is 0.855. The van der Waals surface area contributed by atoms with E-state index in [0.29, 0.717) is 0 Å². The minimum atomic E-state index is 1.02. The lowest BCUT2D eigenvalue weighted by Crippen LogP contribution is -1.81. The van der Waals surface area contributed by atoms with Crippen LogP contribution in [0.15, 0.2) is 28.9 Å². The molecule has 0 aromatic rings. The molecule has 0 bridgehead atoms. The summed E-state index contributed by atoms with van der Waals surface area (Å²) in [5, 5.41) is 0. The van der Waals surface area contributed by atoms with E-state index >= 15 is 0 Å². The average Bonchev–Trinajstić information content (AvgIpc) is 1.58. The quantitative estimate of drug-likeness (QED) is 0.410. The SMILES string of the molecule is C=C(C)/C=C(/C)N=C(C)C. The Morgan fingerprint density at radius 2 is 1.70 bits per heavy atom. The minimum Gasteiger partial charge on any atom is -0.263 e. The fourth-order valence-electron chi connectivity index (χ4n) is 0.742. The second-order valence-corrected chi connectivity index (χ2v) is 2.69. The molecule has 10 heavy (non-hydrogen) atoms. The predicted octanol–water partition coefficient (Wildman–Crippen LogP) is 2.95. The van der Waals surface area contributed by atoms with Gasteiger partial charge < -0.3 is 0 Å². The largest absolute Gasteiger partial charge is 0.263 e. The highest BCUT2D eigenvalue weighted by Gasteiger charge is 1.83. The Hall–Kier alpha value is -0.850. The first kappa shape index (κ1) is 9.15. The molecular weight excluding hydrogens is 122 g/mol. The summed E-state index contributed by atoms with van der Waals surface area (Å²) in [5.74, 6) is 0. The van der Waals surface area contributed by atoms with Crippen molar-refractivity contribution in [1.82, 2.24) is 0 Å². The third kappa shape index (κ3) is 5.29. The Morgan fingerprint density at radius 3 is 2.00 bits per heavy atom. The van der Waals surface area contributed by atoms with Gasteiger partial charge >= 0.3 is 0 Å². The van der Waals surface area contributed by atoms with Crippen molar-refractivity contribution in [3.63, 3.8) is 0 Å². The molecule has 0 unspecified atom stereocenters. The fourth-order valence-corrected chi connectivity index (χ4v) is 0.742. The Morgan fingerprint density at radius 1 is 1.20 bits per heavy atom. The molecule has 0 atom stereocenters. The molecule has 0 aliphatic rings. The van der Waals surface area contributed by atoms with E-state index in [1.165, 1.54) is 0 Å². The van der Waals surface area contributed by atoms with Gasteiger partial charge in [-0.15, -0.1) is 0 Å². The maximum atomic E-state index is 4.23. The number of aliphatic imine (C=N–C) groups is 1. The van der Waals surface area contributed by atoms with Crippen LogP contribution in [0.25, 0.3) is 0 Å². The van der Waals surface area contributed by atoms with E-state index in [9.17, 15) is 0 Å². The molecule has 0 amide bonds. The van der Waals surface area contributed by atoms with Crippen LogP contribution in [-0.2, 0) is 0 Å². The zero-order chi connectivity index (χ0) is 8.15. The summed E-state index contributed by atoms with van der Waals surface area (Å²) in [4.78, 5) is 4.23. The topological polar surface area (TPSA) is 12.4 Å². The van der Waals surface area contributed by atoms with Crippen molar-refractivity contribution >= 4 is 5.71 Å². The fraction of sp³-hybridized carbons (Fsp3) is 0.444. The minimum absolute atomic E-state index is 1.02. The van der Waals surface area contributed by atoms with Gasteiger partial charge in [0.2, 0.25) is 0 Å². The van der Waals surface area contributed by atoms with E-state index in [2.05, 4.69) is 11.6 Å². The molecule has 0 heterocycles. The van der Waals surface area contributed by atoms with Crippen LogP contribution in [0.5, 0.6) is 0 Å². The molecule has 0 saturated heterocycles. The predicted molar refractivity (Wildman–Crippen MR) is 47.4 cm³/mol. The zero-order valence-electron chi connectivity index (χ0n) is 7.23. The van der Waals surface area contributed by atoms with Gasteiger partial charge in [-0.25, -0.2) is 0 Å². The third-order valence-corrected chi connectivity index (χ3v) is 0.855. The number of hydrogen-bond donors (Lipinski definition) is 0. The highest BCUT2D eigenvalue weighted by Crippen LogP contribution is 2.00. The molecule has 0 aliphatic heterocycles. The molecule has 0 aromatic heterocycles. The van der Waals surface area contributed by atoms with Crippen molar-refractivity contribution < 1.29 is 0 Å². The zero-order valence-corrected chi connectivity index (χ0v) is 7.23. The van der Waals surface area contributed by atoms with Gasteiger partial charge in [0.05, 0.1) is 0 Å². The molecule has 0 fully saturated rings. The summed E-state index contributed by atoms with van der Waals surface area (Å²) in [7, 11) is 0. The Kier molecular flexibility index (Phi) is 3.70. The van der Waals surface area contributed by atoms with E-state index < -0.39 is 0 Å². The van der Waals surface area contributed by atoms with Crippen LogP contribution in [0.2, 0.25) is 0 Å². The van der Waals surface area contributed by atoms with Crippen molar-refractivity contribution in [2.45, 2.75) is 27.7 Å². The van der Waals surface area contributed by atoms with Crippen LogP contribution in [0.1, 0.15) is 27.7 Å². The smallest absolute Gasteiger partial charge is 0.0374 e. The van der Waals surface area contributed by atoms with Gasteiger partial charge in [-0.2, -0.15) is 0 Å². The lowest BCUT2D eigenvalue weighted by Gasteiger charge is -1.92. The summed E-state index contributed by atoms with van der Waals surface area (Å²) in [6.07, 6.45) is 1.97. The summed E-state index contributed by atoms with van der Waals surface area (Å²) in [6.45, 7) is 11.7. The molecule has 0 aromatic carbocycles. The molecule has 0 radical (unpaired) electrons. The van der Waals surface area contributed by atoms with Crippen LogP contribution >= 0.6 is 0 Å². The van der Waals surface area contributed by atoms with Gasteiger partial charge in [0.25, 0.3) is 0 Å². The maximum absolute atomic E-state index is 4.23. The highest BCUT2D eigenvalue weighted by atomic mass is 14.7. The van der Waals surface area contributed by atoms with Crippen LogP contribution in [0.3, 0.4) is 0 Å². The summed E-state index contributed by atoms with van der Waals surface area (Å²) in [5.41, 5.74) is 3.14. The van der Waals surface area contributed by atoms with Crippen LogP contribution in [0, 0.1) is 0 Å². The standard InChI is InChI=1S/C9H15N/c1-7(2)6-9(5)10-8(3)4/h6H,1H2,2-5H3/b9-6-. The second kappa shape index (κ2) is 4.04. The first-order valence-corrected chi connectivity index (χ1v) is 3.38. The Bertz CT molecular complexity index is 181. The average molecular weight is 137 g/mol. The van der Waals surface area contributed by atoms with Crippen molar-refractivity contribution in [2.24, 2.45) is 4.99 Å². The molecule has 0 N–H and O–H groups in total. The lowest BCUT2D eigenvalue weighted by atomic mass is 10.3. The highest BCUT2D eigenvalue weighted by molar-refractivity contribution is 5.80. The van der Waals surface area contributed by atoms with E-state index in [-0.39, 0.29) is 0 Å². The monoisotopic (exact) mass is 137 g/mol. The molecule has 0 aliphatic carbocycles. The van der Waals surface area contributed by atoms with Crippen molar-refractivity contribution in [3.8, 4) is 0 Å². The molecule has 1 nitrogen and oxygen atoms in total. The Balaban J connectivity index is 4.22. The van der Waals surface area contributed by atoms with Gasteiger partial charge in [0.1, 0.15) is 0 Å². The molecule has 56 valence electrons. The van der Waals surface area contributed by atoms with Gasteiger partial charge in [0.15, 0.2) is 0 Å². The molecule has 0 rings (SSSR count). The van der Waals surface area contributed by atoms with Gasteiger partial charge in [-0.1, -0.05) is 12.2 Å². The van der Waals surface area contributed by atoms with Crippen LogP contribution < -0.4 is 0 Å². The van der Waals surface area contributed by atoms with E-state index in [0.717, 1.165) is 17.0 Å². The van der Waals surface area contributed by atoms with Crippen molar-refractivity contribution in [3.05, 3.63) is 23.9 Å². The van der Waals surface area contributed by atoms with E-state index in [4.69, 9.17) is 0 Å². The normalized spacial score (nSPS) is 11.0. The van der Waals surface area contributed by atoms with Gasteiger partial charge in [0, 0.05) is 11.4 Å².